The van der Waals surface area contributed by atoms with Crippen LogP contribution in [0.25, 0.3) is 0 Å². The van der Waals surface area contributed by atoms with Gasteiger partial charge in [-0.3, -0.25) is 9.59 Å². The van der Waals surface area contributed by atoms with Crippen molar-refractivity contribution in [1.82, 2.24) is 16.0 Å². The van der Waals surface area contributed by atoms with Gasteiger partial charge in [-0.25, -0.2) is 0 Å². The summed E-state index contributed by atoms with van der Waals surface area (Å²) >= 11 is 0. The zero-order chi connectivity index (χ0) is 12.0. The number of nitrogens with one attached hydrogen (secondary N) is 3. The molecule has 0 bridgehead atoms. The molecule has 0 aliphatic carbocycles. The van der Waals surface area contributed by atoms with Gasteiger partial charge in [0.2, 0.25) is 11.8 Å². The molecule has 1 rings (SSSR count). The van der Waals surface area contributed by atoms with E-state index in [4.69, 9.17) is 0 Å². The summed E-state index contributed by atoms with van der Waals surface area (Å²) in [5.41, 5.74) is 0. The van der Waals surface area contributed by atoms with Gasteiger partial charge in [0.25, 0.3) is 0 Å². The fourth-order valence-corrected chi connectivity index (χ4v) is 1.85. The maximum Gasteiger partial charge on any atom is 0.237 e. The van der Waals surface area contributed by atoms with E-state index < -0.39 is 0 Å². The van der Waals surface area contributed by atoms with Crippen molar-refractivity contribution >= 4 is 11.8 Å². The molecule has 0 spiro atoms. The molecule has 2 amide bonds. The quantitative estimate of drug-likeness (QED) is 0.613. The summed E-state index contributed by atoms with van der Waals surface area (Å²) in [6, 6.07) is -0.0894. The van der Waals surface area contributed by atoms with Gasteiger partial charge >= 0.3 is 0 Å². The molecule has 0 aromatic carbocycles. The van der Waals surface area contributed by atoms with E-state index in [1.807, 2.05) is 0 Å². The third kappa shape index (κ3) is 4.18. The Bertz CT molecular complexity index is 256. The average molecular weight is 227 g/mol. The van der Waals surface area contributed by atoms with Crippen LogP contribution in [-0.4, -0.2) is 38.0 Å². The summed E-state index contributed by atoms with van der Waals surface area (Å²) in [4.78, 5) is 22.7. The van der Waals surface area contributed by atoms with Crippen LogP contribution in [0.2, 0.25) is 0 Å². The first-order chi connectivity index (χ1) is 7.63. The highest BCUT2D eigenvalue weighted by Crippen LogP contribution is 2.14. The topological polar surface area (TPSA) is 70.2 Å². The molecule has 0 aromatic rings. The first kappa shape index (κ1) is 13.0. The molecule has 1 saturated heterocycles. The minimum Gasteiger partial charge on any atom is -0.359 e. The molecule has 0 aromatic heterocycles. The van der Waals surface area contributed by atoms with E-state index in [1.165, 1.54) is 0 Å². The van der Waals surface area contributed by atoms with Crippen molar-refractivity contribution < 1.29 is 9.59 Å². The van der Waals surface area contributed by atoms with Gasteiger partial charge in [0.05, 0.1) is 6.04 Å². The van der Waals surface area contributed by atoms with E-state index in [0.717, 1.165) is 19.4 Å². The lowest BCUT2D eigenvalue weighted by atomic mass is 9.94. The van der Waals surface area contributed by atoms with Gasteiger partial charge in [-0.05, 0) is 25.3 Å². The molecule has 0 radical (unpaired) electrons. The van der Waals surface area contributed by atoms with Crippen LogP contribution in [0.3, 0.4) is 0 Å². The molecule has 5 heteroatoms. The van der Waals surface area contributed by atoms with Crippen molar-refractivity contribution in [3.63, 3.8) is 0 Å². The molecule has 1 aliphatic rings. The number of rotatable bonds is 4. The van der Waals surface area contributed by atoms with Gasteiger partial charge in [0.1, 0.15) is 0 Å². The molecular weight excluding hydrogens is 206 g/mol. The largest absolute Gasteiger partial charge is 0.359 e. The zero-order valence-corrected chi connectivity index (χ0v) is 10.0. The number of piperidine rings is 1. The van der Waals surface area contributed by atoms with E-state index in [9.17, 15) is 9.59 Å². The SMILES string of the molecule is CNC(=O)CCNC(=O)C1CC(C)CCN1. The monoisotopic (exact) mass is 227 g/mol. The molecule has 1 aliphatic heterocycles. The molecule has 16 heavy (non-hydrogen) atoms. The lowest BCUT2D eigenvalue weighted by molar-refractivity contribution is -0.124. The van der Waals surface area contributed by atoms with Crippen LogP contribution in [0.4, 0.5) is 0 Å². The van der Waals surface area contributed by atoms with E-state index in [1.54, 1.807) is 7.05 Å². The summed E-state index contributed by atoms with van der Waals surface area (Å²) < 4.78 is 0. The Morgan fingerprint density at radius 1 is 1.44 bits per heavy atom. The van der Waals surface area contributed by atoms with Crippen molar-refractivity contribution in [3.05, 3.63) is 0 Å². The van der Waals surface area contributed by atoms with Crippen LogP contribution in [0.1, 0.15) is 26.2 Å². The van der Waals surface area contributed by atoms with Crippen LogP contribution in [0.15, 0.2) is 0 Å². The van der Waals surface area contributed by atoms with Gasteiger partial charge in [-0.1, -0.05) is 6.92 Å². The molecular formula is C11H21N3O2. The predicted octanol–water partition coefficient (Wildman–Crippen LogP) is -0.373. The van der Waals surface area contributed by atoms with E-state index in [-0.39, 0.29) is 17.9 Å². The Morgan fingerprint density at radius 3 is 2.81 bits per heavy atom. The number of hydrogen-bond acceptors (Lipinski definition) is 3. The third-order valence-corrected chi connectivity index (χ3v) is 2.91. The summed E-state index contributed by atoms with van der Waals surface area (Å²) in [6.45, 7) is 3.46. The Morgan fingerprint density at radius 2 is 2.19 bits per heavy atom. The molecule has 3 N–H and O–H groups in total. The van der Waals surface area contributed by atoms with Gasteiger partial charge in [0, 0.05) is 20.0 Å². The van der Waals surface area contributed by atoms with E-state index >= 15 is 0 Å². The second kappa shape index (κ2) is 6.48. The normalized spacial score (nSPS) is 24.9. The number of carbonyl (C=O) groups is 2. The predicted molar refractivity (Wildman–Crippen MR) is 61.9 cm³/mol. The van der Waals surface area contributed by atoms with Crippen LogP contribution < -0.4 is 16.0 Å². The van der Waals surface area contributed by atoms with Gasteiger partial charge in [-0.2, -0.15) is 0 Å². The molecule has 0 saturated carbocycles. The molecule has 5 nitrogen and oxygen atoms in total. The lowest BCUT2D eigenvalue weighted by Gasteiger charge is -2.27. The Labute approximate surface area is 96.4 Å². The first-order valence-electron chi connectivity index (χ1n) is 5.85. The van der Waals surface area contributed by atoms with Crippen molar-refractivity contribution in [2.45, 2.75) is 32.2 Å². The standard InChI is InChI=1S/C11H21N3O2/c1-8-3-5-13-9(7-8)11(16)14-6-4-10(15)12-2/h8-9,13H,3-7H2,1-2H3,(H,12,15)(H,14,16). The van der Waals surface area contributed by atoms with Crippen molar-refractivity contribution in [2.24, 2.45) is 5.92 Å². The third-order valence-electron chi connectivity index (χ3n) is 2.91. The minimum atomic E-state index is -0.0894. The van der Waals surface area contributed by atoms with Crippen LogP contribution in [0.5, 0.6) is 0 Å². The highest BCUT2D eigenvalue weighted by atomic mass is 16.2. The van der Waals surface area contributed by atoms with Gasteiger partial charge < -0.3 is 16.0 Å². The summed E-state index contributed by atoms with van der Waals surface area (Å²) in [5.74, 6) is 0.552. The molecule has 92 valence electrons. The van der Waals surface area contributed by atoms with Gasteiger partial charge in [0.15, 0.2) is 0 Å². The fourth-order valence-electron chi connectivity index (χ4n) is 1.85. The number of carbonyl (C=O) groups excluding carboxylic acids is 2. The first-order valence-corrected chi connectivity index (χ1v) is 5.85. The second-order valence-electron chi connectivity index (χ2n) is 4.35. The smallest absolute Gasteiger partial charge is 0.237 e. The molecule has 1 fully saturated rings. The molecule has 1 heterocycles. The maximum absolute atomic E-state index is 11.7. The Hall–Kier alpha value is -1.10. The minimum absolute atomic E-state index is 0.00968. The van der Waals surface area contributed by atoms with Crippen molar-refractivity contribution in [1.29, 1.82) is 0 Å². The van der Waals surface area contributed by atoms with Crippen LogP contribution in [0, 0.1) is 5.92 Å². The van der Waals surface area contributed by atoms with E-state index in [0.29, 0.717) is 18.9 Å². The van der Waals surface area contributed by atoms with Crippen LogP contribution >= 0.6 is 0 Å². The highest BCUT2D eigenvalue weighted by Gasteiger charge is 2.23. The highest BCUT2D eigenvalue weighted by molar-refractivity contribution is 5.82. The second-order valence-corrected chi connectivity index (χ2v) is 4.35. The summed E-state index contributed by atoms with van der Waals surface area (Å²) in [6.07, 6.45) is 2.35. The van der Waals surface area contributed by atoms with Gasteiger partial charge in [-0.15, -0.1) is 0 Å². The Kier molecular flexibility index (Phi) is 5.25. The zero-order valence-electron chi connectivity index (χ0n) is 10.0. The van der Waals surface area contributed by atoms with Crippen molar-refractivity contribution in [3.8, 4) is 0 Å². The lowest BCUT2D eigenvalue weighted by Crippen LogP contribution is -2.48. The summed E-state index contributed by atoms with van der Waals surface area (Å²) in [5, 5.41) is 8.48. The van der Waals surface area contributed by atoms with Crippen LogP contribution in [-0.2, 0) is 9.59 Å². The van der Waals surface area contributed by atoms with Crippen molar-refractivity contribution in [2.75, 3.05) is 20.1 Å². The Balaban J connectivity index is 2.21. The summed E-state index contributed by atoms with van der Waals surface area (Å²) in [7, 11) is 1.59. The molecule has 2 unspecified atom stereocenters. The average Bonchev–Trinajstić information content (AvgIpc) is 2.28. The van der Waals surface area contributed by atoms with E-state index in [2.05, 4.69) is 22.9 Å². The number of amides is 2. The maximum atomic E-state index is 11.7. The fraction of sp³-hybridized carbons (Fsp3) is 0.818. The molecule has 2 atom stereocenters. The number of hydrogen-bond donors (Lipinski definition) is 3.